The largest absolute Gasteiger partial charge is 0.497 e. The van der Waals surface area contributed by atoms with Crippen LogP contribution in [-0.2, 0) is 10.2 Å². The second-order valence-corrected chi connectivity index (χ2v) is 9.02. The van der Waals surface area contributed by atoms with Gasteiger partial charge in [0, 0.05) is 31.6 Å². The first-order valence-corrected chi connectivity index (χ1v) is 11.2. The maximum atomic E-state index is 13.8. The van der Waals surface area contributed by atoms with Gasteiger partial charge in [0.15, 0.2) is 0 Å². The van der Waals surface area contributed by atoms with Crippen molar-refractivity contribution >= 4 is 17.5 Å². The summed E-state index contributed by atoms with van der Waals surface area (Å²) in [5, 5.41) is 6.71. The molecule has 2 aromatic carbocycles. The number of likely N-dealkylation sites (tertiary alicyclic amines) is 1. The van der Waals surface area contributed by atoms with Crippen LogP contribution in [0.5, 0.6) is 5.75 Å². The van der Waals surface area contributed by atoms with Gasteiger partial charge in [0.1, 0.15) is 11.4 Å². The molecule has 0 unspecified atom stereocenters. The van der Waals surface area contributed by atoms with E-state index in [1.54, 1.807) is 7.11 Å². The van der Waals surface area contributed by atoms with Crippen molar-refractivity contribution in [3.63, 3.8) is 0 Å². The monoisotopic (exact) mass is 419 g/mol. The first-order chi connectivity index (χ1) is 15.1. The molecule has 1 spiro atoms. The SMILES string of the molecule is COc1ccc(C2(C(=O)N3CCC4(CC3)NC(=O)c3ccccc3N4)CCCC2)cc1. The van der Waals surface area contributed by atoms with Crippen LogP contribution in [0, 0.1) is 0 Å². The van der Waals surface area contributed by atoms with E-state index in [0.717, 1.165) is 42.7 Å². The third-order valence-electron chi connectivity index (χ3n) is 7.31. The molecule has 0 aromatic heterocycles. The highest BCUT2D eigenvalue weighted by atomic mass is 16.5. The normalized spacial score (nSPS) is 21.2. The molecule has 0 atom stereocenters. The van der Waals surface area contributed by atoms with E-state index in [-0.39, 0.29) is 11.8 Å². The van der Waals surface area contributed by atoms with Crippen LogP contribution in [0.1, 0.15) is 54.4 Å². The van der Waals surface area contributed by atoms with Gasteiger partial charge in [-0.15, -0.1) is 0 Å². The molecule has 2 aliphatic heterocycles. The Labute approximate surface area is 183 Å². The van der Waals surface area contributed by atoms with Crippen molar-refractivity contribution in [1.29, 1.82) is 0 Å². The average Bonchev–Trinajstić information content (AvgIpc) is 3.30. The lowest BCUT2D eigenvalue weighted by atomic mass is 9.77. The van der Waals surface area contributed by atoms with Crippen molar-refractivity contribution in [2.24, 2.45) is 0 Å². The molecule has 5 rings (SSSR count). The number of ether oxygens (including phenoxy) is 1. The van der Waals surface area contributed by atoms with Gasteiger partial charge in [-0.1, -0.05) is 37.1 Å². The zero-order chi connectivity index (χ0) is 21.5. The maximum Gasteiger partial charge on any atom is 0.255 e. The first-order valence-electron chi connectivity index (χ1n) is 11.2. The lowest BCUT2D eigenvalue weighted by Crippen LogP contribution is -2.63. The number of nitrogens with one attached hydrogen (secondary N) is 2. The number of anilines is 1. The number of nitrogens with zero attached hydrogens (tertiary/aromatic N) is 1. The highest BCUT2D eigenvalue weighted by molar-refractivity contribution is 6.02. The third-order valence-corrected chi connectivity index (χ3v) is 7.31. The van der Waals surface area contributed by atoms with Gasteiger partial charge in [-0.2, -0.15) is 0 Å². The summed E-state index contributed by atoms with van der Waals surface area (Å²) in [5.41, 5.74) is 1.72. The number of hydrogen-bond donors (Lipinski definition) is 2. The van der Waals surface area contributed by atoms with Crippen LogP contribution in [-0.4, -0.2) is 42.6 Å². The van der Waals surface area contributed by atoms with Crippen molar-refractivity contribution in [2.45, 2.75) is 49.6 Å². The molecule has 2 fully saturated rings. The third kappa shape index (κ3) is 3.34. The Hall–Kier alpha value is -3.02. The predicted molar refractivity (Wildman–Crippen MR) is 119 cm³/mol. The van der Waals surface area contributed by atoms with E-state index in [1.165, 1.54) is 0 Å². The molecule has 162 valence electrons. The molecule has 1 aliphatic carbocycles. The highest BCUT2D eigenvalue weighted by Crippen LogP contribution is 2.44. The maximum absolute atomic E-state index is 13.8. The van der Waals surface area contributed by atoms with Crippen LogP contribution in [0.25, 0.3) is 0 Å². The van der Waals surface area contributed by atoms with E-state index in [9.17, 15) is 9.59 Å². The predicted octanol–water partition coefficient (Wildman–Crippen LogP) is 3.68. The zero-order valence-corrected chi connectivity index (χ0v) is 17.9. The van der Waals surface area contributed by atoms with Crippen molar-refractivity contribution < 1.29 is 14.3 Å². The topological polar surface area (TPSA) is 70.7 Å². The second-order valence-electron chi connectivity index (χ2n) is 9.02. The van der Waals surface area contributed by atoms with Gasteiger partial charge in [-0.05, 0) is 42.7 Å². The Kier molecular flexibility index (Phi) is 4.88. The Bertz CT molecular complexity index is 987. The summed E-state index contributed by atoms with van der Waals surface area (Å²) in [6.07, 6.45) is 5.31. The number of piperidine rings is 1. The zero-order valence-electron chi connectivity index (χ0n) is 17.9. The summed E-state index contributed by atoms with van der Waals surface area (Å²) in [4.78, 5) is 28.4. The summed E-state index contributed by atoms with van der Waals surface area (Å²) in [6, 6.07) is 15.6. The standard InChI is InChI=1S/C25H29N3O3/c1-31-19-10-8-18(9-11-19)24(12-4-5-13-24)23(30)28-16-14-25(15-17-28)26-21-7-3-2-6-20(21)22(29)27-25/h2-3,6-11,26H,4-5,12-17H2,1H3,(H,27,29). The average molecular weight is 420 g/mol. The molecule has 0 radical (unpaired) electrons. The minimum atomic E-state index is -0.481. The van der Waals surface area contributed by atoms with Crippen LogP contribution in [0.2, 0.25) is 0 Å². The van der Waals surface area contributed by atoms with E-state index in [2.05, 4.69) is 10.6 Å². The van der Waals surface area contributed by atoms with E-state index in [1.807, 2.05) is 53.4 Å². The Morgan fingerprint density at radius 3 is 2.29 bits per heavy atom. The number of carbonyl (C=O) groups is 2. The van der Waals surface area contributed by atoms with Crippen molar-refractivity contribution in [1.82, 2.24) is 10.2 Å². The van der Waals surface area contributed by atoms with E-state index < -0.39 is 11.1 Å². The molecule has 2 N–H and O–H groups in total. The minimum Gasteiger partial charge on any atom is -0.497 e. The van der Waals surface area contributed by atoms with Gasteiger partial charge < -0.3 is 20.3 Å². The molecule has 2 heterocycles. The van der Waals surface area contributed by atoms with E-state index in [4.69, 9.17) is 4.74 Å². The fourth-order valence-electron chi connectivity index (χ4n) is 5.52. The number of methoxy groups -OCH3 is 1. The molecule has 31 heavy (non-hydrogen) atoms. The van der Waals surface area contributed by atoms with Gasteiger partial charge in [0.25, 0.3) is 5.91 Å². The second kappa shape index (κ2) is 7.59. The molecular weight excluding hydrogens is 390 g/mol. The molecule has 3 aliphatic rings. The molecule has 6 heteroatoms. The number of rotatable bonds is 3. The lowest BCUT2D eigenvalue weighted by molar-refractivity contribution is -0.139. The Balaban J connectivity index is 1.34. The summed E-state index contributed by atoms with van der Waals surface area (Å²) in [6.45, 7) is 1.26. The van der Waals surface area contributed by atoms with Crippen LogP contribution in [0.3, 0.4) is 0 Å². The number of carbonyl (C=O) groups excluding carboxylic acids is 2. The fourth-order valence-corrected chi connectivity index (χ4v) is 5.52. The smallest absolute Gasteiger partial charge is 0.255 e. The quantitative estimate of drug-likeness (QED) is 0.796. The molecular formula is C25H29N3O3. The van der Waals surface area contributed by atoms with Gasteiger partial charge in [-0.3, -0.25) is 9.59 Å². The van der Waals surface area contributed by atoms with Crippen LogP contribution in [0.15, 0.2) is 48.5 Å². The molecule has 0 bridgehead atoms. The number of benzene rings is 2. The molecule has 1 saturated heterocycles. The number of fused-ring (bicyclic) bond motifs is 1. The van der Waals surface area contributed by atoms with Crippen molar-refractivity contribution in [3.05, 3.63) is 59.7 Å². The molecule has 2 amide bonds. The Morgan fingerprint density at radius 1 is 0.935 bits per heavy atom. The molecule has 1 saturated carbocycles. The number of hydrogen-bond acceptors (Lipinski definition) is 4. The number of amides is 2. The summed E-state index contributed by atoms with van der Waals surface area (Å²) in [5.74, 6) is 0.996. The number of para-hydroxylation sites is 1. The van der Waals surface area contributed by atoms with Crippen LogP contribution in [0.4, 0.5) is 5.69 Å². The van der Waals surface area contributed by atoms with Gasteiger partial charge in [0.2, 0.25) is 5.91 Å². The van der Waals surface area contributed by atoms with Crippen molar-refractivity contribution in [3.8, 4) is 5.75 Å². The first kappa shape index (κ1) is 19.9. The summed E-state index contributed by atoms with van der Waals surface area (Å²) < 4.78 is 5.30. The molecule has 6 nitrogen and oxygen atoms in total. The van der Waals surface area contributed by atoms with Gasteiger partial charge >= 0.3 is 0 Å². The molecule has 2 aromatic rings. The summed E-state index contributed by atoms with van der Waals surface area (Å²) in [7, 11) is 1.66. The van der Waals surface area contributed by atoms with Gasteiger partial charge in [0.05, 0.1) is 18.1 Å². The fraction of sp³-hybridized carbons (Fsp3) is 0.440. The summed E-state index contributed by atoms with van der Waals surface area (Å²) >= 11 is 0. The van der Waals surface area contributed by atoms with E-state index >= 15 is 0 Å². The van der Waals surface area contributed by atoms with Gasteiger partial charge in [-0.25, -0.2) is 0 Å². The highest BCUT2D eigenvalue weighted by Gasteiger charge is 2.48. The Morgan fingerprint density at radius 2 is 1.61 bits per heavy atom. The van der Waals surface area contributed by atoms with Crippen molar-refractivity contribution in [2.75, 3.05) is 25.5 Å². The van der Waals surface area contributed by atoms with Crippen LogP contribution >= 0.6 is 0 Å². The van der Waals surface area contributed by atoms with Crippen LogP contribution < -0.4 is 15.4 Å². The lowest BCUT2D eigenvalue weighted by Gasteiger charge is -2.47. The van der Waals surface area contributed by atoms with E-state index in [0.29, 0.717) is 31.5 Å². The minimum absolute atomic E-state index is 0.0420.